The maximum Gasteiger partial charge on any atom is 0.0628 e. The highest BCUT2D eigenvalue weighted by Crippen LogP contribution is 2.32. The van der Waals surface area contributed by atoms with Crippen molar-refractivity contribution in [1.29, 1.82) is 0 Å². The summed E-state index contributed by atoms with van der Waals surface area (Å²) >= 11 is 0. The number of hydrogen-bond acceptors (Lipinski definition) is 1. The van der Waals surface area contributed by atoms with Gasteiger partial charge >= 0.3 is 0 Å². The van der Waals surface area contributed by atoms with Crippen LogP contribution in [0.2, 0.25) is 0 Å². The Morgan fingerprint density at radius 2 is 1.19 bits per heavy atom. The third-order valence-corrected chi connectivity index (χ3v) is 2.83. The van der Waals surface area contributed by atoms with E-state index in [0.717, 1.165) is 5.69 Å². The van der Waals surface area contributed by atoms with Gasteiger partial charge < -0.3 is 0 Å². The third-order valence-electron chi connectivity index (χ3n) is 2.83. The molecule has 0 spiro atoms. The quantitative estimate of drug-likeness (QED) is 0.609. The molecule has 0 fully saturated rings. The van der Waals surface area contributed by atoms with Crippen molar-refractivity contribution in [2.75, 3.05) is 0 Å². The van der Waals surface area contributed by atoms with Gasteiger partial charge in [0.25, 0.3) is 0 Å². The van der Waals surface area contributed by atoms with Crippen LogP contribution in [0, 0.1) is 0 Å². The Hall–Kier alpha value is -1.11. The van der Waals surface area contributed by atoms with Crippen molar-refractivity contribution in [3.63, 3.8) is 0 Å². The lowest BCUT2D eigenvalue weighted by molar-refractivity contribution is 0.569. The van der Waals surface area contributed by atoms with E-state index in [9.17, 15) is 0 Å². The average Bonchev–Trinajstić information content (AvgIpc) is 2.14. The molecule has 0 amide bonds. The smallest absolute Gasteiger partial charge is 0.0628 e. The molecule has 1 aromatic carbocycles. The van der Waals surface area contributed by atoms with Gasteiger partial charge in [-0.2, -0.15) is 0 Å². The fourth-order valence-electron chi connectivity index (χ4n) is 1.57. The van der Waals surface area contributed by atoms with E-state index in [0.29, 0.717) is 0 Å². The molecule has 1 heteroatoms. The van der Waals surface area contributed by atoms with Gasteiger partial charge in [-0.25, -0.2) is 0 Å². The highest BCUT2D eigenvalue weighted by molar-refractivity contribution is 5.52. The van der Waals surface area contributed by atoms with Gasteiger partial charge in [0, 0.05) is 0 Å². The summed E-state index contributed by atoms with van der Waals surface area (Å²) in [5.41, 5.74) is 3.92. The Labute approximate surface area is 99.6 Å². The predicted octanol–water partition coefficient (Wildman–Crippen LogP) is 4.61. The monoisotopic (exact) mass is 217 g/mol. The van der Waals surface area contributed by atoms with Gasteiger partial charge in [0.15, 0.2) is 0 Å². The van der Waals surface area contributed by atoms with E-state index >= 15 is 0 Å². The first-order chi connectivity index (χ1) is 7.14. The molecular weight excluding hydrogens is 194 g/mol. The Morgan fingerprint density at radius 1 is 0.812 bits per heavy atom. The number of rotatable bonds is 1. The summed E-state index contributed by atoms with van der Waals surface area (Å²) in [7, 11) is 0. The number of benzene rings is 1. The number of nitrogens with zero attached hydrogens (tertiary/aromatic N) is 1. The minimum absolute atomic E-state index is 0.153. The van der Waals surface area contributed by atoms with Gasteiger partial charge in [-0.1, -0.05) is 47.6 Å². The molecule has 0 saturated heterocycles. The van der Waals surface area contributed by atoms with E-state index < -0.39 is 0 Å². The van der Waals surface area contributed by atoms with Crippen LogP contribution in [0.3, 0.4) is 0 Å². The Bertz CT molecular complexity index is 357. The van der Waals surface area contributed by atoms with Gasteiger partial charge in [0.2, 0.25) is 0 Å². The van der Waals surface area contributed by atoms with Crippen molar-refractivity contribution in [2.45, 2.75) is 52.4 Å². The molecule has 0 radical (unpaired) electrons. The SMILES string of the molecule is C=Nc1cc(C(C)(C)C)cc(C(C)(C)C)c1. The van der Waals surface area contributed by atoms with Crippen molar-refractivity contribution in [3.8, 4) is 0 Å². The van der Waals surface area contributed by atoms with Crippen molar-refractivity contribution in [2.24, 2.45) is 4.99 Å². The first-order valence-corrected chi connectivity index (χ1v) is 5.77. The van der Waals surface area contributed by atoms with Gasteiger partial charge in [0.05, 0.1) is 5.69 Å². The summed E-state index contributed by atoms with van der Waals surface area (Å²) in [6.45, 7) is 17.0. The average molecular weight is 217 g/mol. The highest BCUT2D eigenvalue weighted by Gasteiger charge is 2.20. The summed E-state index contributed by atoms with van der Waals surface area (Å²) in [6, 6.07) is 6.54. The van der Waals surface area contributed by atoms with E-state index in [1.807, 2.05) is 0 Å². The molecule has 0 bridgehead atoms. The van der Waals surface area contributed by atoms with Crippen molar-refractivity contribution in [1.82, 2.24) is 0 Å². The molecule has 0 N–H and O–H groups in total. The van der Waals surface area contributed by atoms with Crippen LogP contribution in [0.1, 0.15) is 52.7 Å². The number of hydrogen-bond donors (Lipinski definition) is 0. The zero-order chi connectivity index (χ0) is 12.6. The van der Waals surface area contributed by atoms with Crippen LogP contribution in [0.5, 0.6) is 0 Å². The maximum absolute atomic E-state index is 4.07. The lowest BCUT2D eigenvalue weighted by Crippen LogP contribution is -2.16. The largest absolute Gasteiger partial charge is 0.265 e. The zero-order valence-electron chi connectivity index (χ0n) is 11.4. The molecule has 0 unspecified atom stereocenters. The Kier molecular flexibility index (Phi) is 3.27. The second-order valence-corrected chi connectivity index (χ2v) is 6.43. The second kappa shape index (κ2) is 4.04. The van der Waals surface area contributed by atoms with Crippen LogP contribution < -0.4 is 0 Å². The van der Waals surface area contributed by atoms with E-state index in [4.69, 9.17) is 0 Å². The first-order valence-electron chi connectivity index (χ1n) is 5.77. The van der Waals surface area contributed by atoms with Crippen LogP contribution in [-0.4, -0.2) is 6.72 Å². The topological polar surface area (TPSA) is 12.4 Å². The molecule has 0 atom stereocenters. The van der Waals surface area contributed by atoms with Crippen LogP contribution in [0.25, 0.3) is 0 Å². The first kappa shape index (κ1) is 13.0. The summed E-state index contributed by atoms with van der Waals surface area (Å²) in [5, 5.41) is 0. The second-order valence-electron chi connectivity index (χ2n) is 6.43. The normalized spacial score (nSPS) is 12.6. The van der Waals surface area contributed by atoms with Crippen LogP contribution in [-0.2, 0) is 10.8 Å². The molecule has 0 aliphatic rings. The van der Waals surface area contributed by atoms with Crippen molar-refractivity contribution in [3.05, 3.63) is 29.3 Å². The van der Waals surface area contributed by atoms with Gasteiger partial charge in [-0.3, -0.25) is 4.99 Å². The van der Waals surface area contributed by atoms with Crippen LogP contribution >= 0.6 is 0 Å². The molecule has 0 aromatic heterocycles. The molecule has 0 saturated carbocycles. The molecule has 1 rings (SSSR count). The molecule has 88 valence electrons. The summed E-state index contributed by atoms with van der Waals surface area (Å²) < 4.78 is 0. The lowest BCUT2D eigenvalue weighted by atomic mass is 9.80. The molecule has 1 nitrogen and oxygen atoms in total. The van der Waals surface area contributed by atoms with E-state index in [1.165, 1.54) is 11.1 Å². The molecule has 0 aliphatic carbocycles. The maximum atomic E-state index is 4.07. The highest BCUT2D eigenvalue weighted by atomic mass is 14.7. The summed E-state index contributed by atoms with van der Waals surface area (Å²) in [5.74, 6) is 0. The summed E-state index contributed by atoms with van der Waals surface area (Å²) in [6.07, 6.45) is 0. The third kappa shape index (κ3) is 2.94. The van der Waals surface area contributed by atoms with E-state index in [-0.39, 0.29) is 10.8 Å². The zero-order valence-corrected chi connectivity index (χ0v) is 11.4. The van der Waals surface area contributed by atoms with Crippen LogP contribution in [0.4, 0.5) is 5.69 Å². The summed E-state index contributed by atoms with van der Waals surface area (Å²) in [4.78, 5) is 4.07. The fraction of sp³-hybridized carbons (Fsp3) is 0.533. The number of aliphatic imine (C=N–C) groups is 1. The fourth-order valence-corrected chi connectivity index (χ4v) is 1.57. The Morgan fingerprint density at radius 3 is 1.44 bits per heavy atom. The molecule has 0 aliphatic heterocycles. The van der Waals surface area contributed by atoms with Gasteiger partial charge in [-0.05, 0) is 40.8 Å². The van der Waals surface area contributed by atoms with Crippen LogP contribution in [0.15, 0.2) is 23.2 Å². The van der Waals surface area contributed by atoms with Gasteiger partial charge in [-0.15, -0.1) is 0 Å². The minimum atomic E-state index is 0.153. The molecular formula is C15H23N. The minimum Gasteiger partial charge on any atom is -0.265 e. The van der Waals surface area contributed by atoms with E-state index in [2.05, 4.69) is 71.5 Å². The Balaban J connectivity index is 3.39. The predicted molar refractivity (Wildman–Crippen MR) is 73.1 cm³/mol. The van der Waals surface area contributed by atoms with Crippen molar-refractivity contribution >= 4 is 12.4 Å². The molecule has 16 heavy (non-hydrogen) atoms. The molecule has 0 heterocycles. The van der Waals surface area contributed by atoms with Gasteiger partial charge in [0.1, 0.15) is 0 Å². The van der Waals surface area contributed by atoms with Crippen molar-refractivity contribution < 1.29 is 0 Å². The molecule has 1 aromatic rings. The van der Waals surface area contributed by atoms with E-state index in [1.54, 1.807) is 0 Å². The standard InChI is InChI=1S/C15H23N/c1-14(2,3)11-8-12(15(4,5)6)10-13(9-11)16-7/h8-10H,7H2,1-6H3. The lowest BCUT2D eigenvalue weighted by Gasteiger charge is -2.25.